The number of guanidine groups is 1. The minimum absolute atomic E-state index is 0. The molecule has 1 aromatic carbocycles. The summed E-state index contributed by atoms with van der Waals surface area (Å²) in [6.07, 6.45) is 5.26. The second kappa shape index (κ2) is 12.1. The van der Waals surface area contributed by atoms with Crippen molar-refractivity contribution in [2.75, 3.05) is 33.2 Å². The summed E-state index contributed by atoms with van der Waals surface area (Å²) >= 11 is 0. The molecule has 30 heavy (non-hydrogen) atoms. The van der Waals surface area contributed by atoms with Crippen LogP contribution < -0.4 is 16.0 Å². The maximum atomic E-state index is 13.6. The zero-order chi connectivity index (χ0) is 20.6. The molecule has 1 atom stereocenters. The van der Waals surface area contributed by atoms with E-state index in [2.05, 4.69) is 20.9 Å². The first kappa shape index (κ1) is 24.4. The summed E-state index contributed by atoms with van der Waals surface area (Å²) in [6.45, 7) is 2.27. The van der Waals surface area contributed by atoms with Gasteiger partial charge in [-0.25, -0.2) is 4.39 Å². The summed E-state index contributed by atoms with van der Waals surface area (Å²) in [4.78, 5) is 30.7. The fraction of sp³-hybridized carbons (Fsp3) is 0.571. The van der Waals surface area contributed by atoms with Crippen molar-refractivity contribution in [3.63, 3.8) is 0 Å². The van der Waals surface area contributed by atoms with Gasteiger partial charge in [0.2, 0.25) is 5.91 Å². The third-order valence-corrected chi connectivity index (χ3v) is 5.59. The highest BCUT2D eigenvalue weighted by Gasteiger charge is 2.32. The number of nitrogens with one attached hydrogen (secondary N) is 3. The third-order valence-electron chi connectivity index (χ3n) is 5.59. The van der Waals surface area contributed by atoms with Crippen LogP contribution >= 0.6 is 24.0 Å². The van der Waals surface area contributed by atoms with Crippen molar-refractivity contribution >= 4 is 41.8 Å². The van der Waals surface area contributed by atoms with Gasteiger partial charge in [-0.05, 0) is 31.4 Å². The van der Waals surface area contributed by atoms with E-state index in [0.717, 1.165) is 38.6 Å². The SMILES string of the molecule is CN=C(NCCNC(=O)c1ccccc1F)NC1CCN(C(=O)C2CCCC2)C1.I. The van der Waals surface area contributed by atoms with Crippen LogP contribution in [0.3, 0.4) is 0 Å². The smallest absolute Gasteiger partial charge is 0.254 e. The number of rotatable bonds is 6. The maximum absolute atomic E-state index is 13.6. The molecule has 0 radical (unpaired) electrons. The van der Waals surface area contributed by atoms with Crippen molar-refractivity contribution in [1.29, 1.82) is 0 Å². The lowest BCUT2D eigenvalue weighted by atomic mass is 10.1. The summed E-state index contributed by atoms with van der Waals surface area (Å²) in [6, 6.07) is 6.07. The number of nitrogens with zero attached hydrogens (tertiary/aromatic N) is 2. The predicted octanol–water partition coefficient (Wildman–Crippen LogP) is 2.13. The Kier molecular flexibility index (Phi) is 9.80. The standard InChI is InChI=1S/C21H30FN5O2.HI/c1-23-21(25-12-11-24-19(28)17-8-4-5-9-18(17)22)26-16-10-13-27(14-16)20(29)15-6-2-3-7-15;/h4-5,8-9,15-16H,2-3,6-7,10-14H2,1H3,(H,24,28)(H2,23,25,26);1H. The number of hydrogen-bond acceptors (Lipinski definition) is 3. The molecule has 1 unspecified atom stereocenters. The molecule has 1 saturated heterocycles. The Morgan fingerprint density at radius 1 is 1.13 bits per heavy atom. The highest BCUT2D eigenvalue weighted by atomic mass is 127. The molecule has 2 fully saturated rings. The van der Waals surface area contributed by atoms with Gasteiger partial charge in [-0.15, -0.1) is 24.0 Å². The molecule has 0 spiro atoms. The van der Waals surface area contributed by atoms with Crippen LogP contribution in [0.1, 0.15) is 42.5 Å². The first-order valence-corrected chi connectivity index (χ1v) is 10.4. The van der Waals surface area contributed by atoms with Crippen LogP contribution in [0.5, 0.6) is 0 Å². The van der Waals surface area contributed by atoms with Crippen LogP contribution in [0.2, 0.25) is 0 Å². The van der Waals surface area contributed by atoms with E-state index < -0.39 is 11.7 Å². The summed E-state index contributed by atoms with van der Waals surface area (Å²) in [5, 5.41) is 9.18. The molecule has 2 aliphatic rings. The lowest BCUT2D eigenvalue weighted by molar-refractivity contribution is -0.134. The van der Waals surface area contributed by atoms with Gasteiger partial charge in [-0.3, -0.25) is 14.6 Å². The average molecular weight is 531 g/mol. The Morgan fingerprint density at radius 3 is 2.53 bits per heavy atom. The zero-order valence-corrected chi connectivity index (χ0v) is 19.7. The van der Waals surface area contributed by atoms with Gasteiger partial charge >= 0.3 is 0 Å². The van der Waals surface area contributed by atoms with Crippen LogP contribution in [-0.2, 0) is 4.79 Å². The molecule has 1 saturated carbocycles. The Morgan fingerprint density at radius 2 is 1.83 bits per heavy atom. The van der Waals surface area contributed by atoms with E-state index in [9.17, 15) is 14.0 Å². The van der Waals surface area contributed by atoms with Gasteiger partial charge in [0.25, 0.3) is 5.91 Å². The van der Waals surface area contributed by atoms with E-state index in [4.69, 9.17) is 0 Å². The molecule has 1 aromatic rings. The van der Waals surface area contributed by atoms with Crippen molar-refractivity contribution in [3.05, 3.63) is 35.6 Å². The Labute approximate surface area is 194 Å². The molecule has 2 amide bonds. The van der Waals surface area contributed by atoms with Crippen molar-refractivity contribution in [2.24, 2.45) is 10.9 Å². The highest BCUT2D eigenvalue weighted by Crippen LogP contribution is 2.27. The molecule has 1 aliphatic carbocycles. The summed E-state index contributed by atoms with van der Waals surface area (Å²) in [7, 11) is 1.68. The first-order chi connectivity index (χ1) is 14.1. The number of likely N-dealkylation sites (tertiary alicyclic amines) is 1. The van der Waals surface area contributed by atoms with Crippen molar-refractivity contribution in [1.82, 2.24) is 20.9 Å². The van der Waals surface area contributed by atoms with Gasteiger partial charge in [0.15, 0.2) is 5.96 Å². The van der Waals surface area contributed by atoms with Crippen molar-refractivity contribution < 1.29 is 14.0 Å². The molecule has 9 heteroatoms. The van der Waals surface area contributed by atoms with Gasteiger partial charge in [0, 0.05) is 45.2 Å². The van der Waals surface area contributed by atoms with Gasteiger partial charge in [-0.2, -0.15) is 0 Å². The number of halogens is 2. The Bertz CT molecular complexity index is 755. The molecule has 1 aliphatic heterocycles. The monoisotopic (exact) mass is 531 g/mol. The maximum Gasteiger partial charge on any atom is 0.254 e. The number of hydrogen-bond donors (Lipinski definition) is 3. The van der Waals surface area contributed by atoms with E-state index in [1.54, 1.807) is 19.2 Å². The lowest BCUT2D eigenvalue weighted by Crippen LogP contribution is -2.47. The average Bonchev–Trinajstić information content (AvgIpc) is 3.42. The molecule has 1 heterocycles. The predicted molar refractivity (Wildman–Crippen MR) is 126 cm³/mol. The number of amides is 2. The lowest BCUT2D eigenvalue weighted by Gasteiger charge is -2.21. The fourth-order valence-corrected chi connectivity index (χ4v) is 3.99. The summed E-state index contributed by atoms with van der Waals surface area (Å²) in [5.74, 6) is 0.165. The second-order valence-corrected chi connectivity index (χ2v) is 7.63. The topological polar surface area (TPSA) is 85.8 Å². The van der Waals surface area contributed by atoms with E-state index >= 15 is 0 Å². The highest BCUT2D eigenvalue weighted by molar-refractivity contribution is 14.0. The van der Waals surface area contributed by atoms with E-state index in [1.807, 2.05) is 4.90 Å². The molecule has 166 valence electrons. The van der Waals surface area contributed by atoms with Crippen molar-refractivity contribution in [3.8, 4) is 0 Å². The molecule has 7 nitrogen and oxygen atoms in total. The summed E-state index contributed by atoms with van der Waals surface area (Å²) in [5.41, 5.74) is 0.0352. The first-order valence-electron chi connectivity index (χ1n) is 10.4. The number of benzene rings is 1. The zero-order valence-electron chi connectivity index (χ0n) is 17.3. The molecule has 0 aromatic heterocycles. The van der Waals surface area contributed by atoms with Crippen LogP contribution in [0.4, 0.5) is 4.39 Å². The van der Waals surface area contributed by atoms with Crippen LogP contribution in [0.15, 0.2) is 29.3 Å². The minimum atomic E-state index is -0.534. The van der Waals surface area contributed by atoms with Gasteiger partial charge in [-0.1, -0.05) is 25.0 Å². The van der Waals surface area contributed by atoms with Gasteiger partial charge in [0.05, 0.1) is 5.56 Å². The van der Waals surface area contributed by atoms with E-state index in [1.165, 1.54) is 12.1 Å². The number of carbonyl (C=O) groups excluding carboxylic acids is 2. The quantitative estimate of drug-likeness (QED) is 0.227. The van der Waals surface area contributed by atoms with Crippen LogP contribution in [0.25, 0.3) is 0 Å². The largest absolute Gasteiger partial charge is 0.355 e. The molecule has 3 N–H and O–H groups in total. The fourth-order valence-electron chi connectivity index (χ4n) is 3.99. The molecule has 0 bridgehead atoms. The minimum Gasteiger partial charge on any atom is -0.355 e. The van der Waals surface area contributed by atoms with Crippen molar-refractivity contribution in [2.45, 2.75) is 38.1 Å². The number of carbonyl (C=O) groups is 2. The van der Waals surface area contributed by atoms with Crippen LogP contribution in [-0.4, -0.2) is 61.9 Å². The second-order valence-electron chi connectivity index (χ2n) is 7.63. The molecule has 3 rings (SSSR count). The number of aliphatic imine (C=N–C) groups is 1. The Hall–Kier alpha value is -1.91. The third kappa shape index (κ3) is 6.55. The normalized spacial score (nSPS) is 19.3. The van der Waals surface area contributed by atoms with Gasteiger partial charge in [0.1, 0.15) is 5.82 Å². The van der Waals surface area contributed by atoms with Crippen LogP contribution in [0, 0.1) is 11.7 Å². The van der Waals surface area contributed by atoms with Gasteiger partial charge < -0.3 is 20.9 Å². The van der Waals surface area contributed by atoms with E-state index in [0.29, 0.717) is 31.5 Å². The Balaban J connectivity index is 0.00000320. The molecular weight excluding hydrogens is 500 g/mol. The van der Waals surface area contributed by atoms with E-state index in [-0.39, 0.29) is 41.5 Å². The molecular formula is C21H31FIN5O2. The summed E-state index contributed by atoms with van der Waals surface area (Å²) < 4.78 is 13.6.